The number of aromatic nitrogens is 1. The van der Waals surface area contributed by atoms with Crippen molar-refractivity contribution < 1.29 is 19.6 Å². The Hall–Kier alpha value is -2.22. The van der Waals surface area contributed by atoms with E-state index in [0.29, 0.717) is 37.1 Å². The van der Waals surface area contributed by atoms with Gasteiger partial charge in [-0.3, -0.25) is 14.9 Å². The van der Waals surface area contributed by atoms with Crippen LogP contribution in [0.1, 0.15) is 51.5 Å². The third-order valence-corrected chi connectivity index (χ3v) is 4.58. The molecule has 1 fully saturated rings. The van der Waals surface area contributed by atoms with Crippen molar-refractivity contribution in [1.29, 1.82) is 0 Å². The van der Waals surface area contributed by atoms with E-state index in [1.807, 2.05) is 4.90 Å². The van der Waals surface area contributed by atoms with Gasteiger partial charge in [-0.1, -0.05) is 20.8 Å². The lowest BCUT2D eigenvalue weighted by atomic mass is 9.98. The molecule has 1 aliphatic heterocycles. The Kier molecular flexibility index (Phi) is 6.90. The number of carbonyl (C=O) groups is 1. The Balaban J connectivity index is 2.39. The Morgan fingerprint density at radius 2 is 2.08 bits per heavy atom. The maximum atomic E-state index is 11.7. The van der Waals surface area contributed by atoms with Crippen LogP contribution in [0.3, 0.4) is 0 Å². The summed E-state index contributed by atoms with van der Waals surface area (Å²) in [6.45, 7) is 7.83. The maximum Gasteiger partial charge on any atom is 0.311 e. The van der Waals surface area contributed by atoms with Crippen molar-refractivity contribution in [2.45, 2.75) is 52.0 Å². The third kappa shape index (κ3) is 5.14. The summed E-state index contributed by atoms with van der Waals surface area (Å²) >= 11 is 0. The first-order valence-corrected chi connectivity index (χ1v) is 9.00. The first kappa shape index (κ1) is 20.1. The molecule has 0 aliphatic carbocycles. The molecule has 1 aromatic heterocycles. The lowest BCUT2D eigenvalue weighted by Gasteiger charge is -2.36. The van der Waals surface area contributed by atoms with Gasteiger partial charge in [0.15, 0.2) is 0 Å². The fourth-order valence-corrected chi connectivity index (χ4v) is 3.27. The number of aliphatic carboxylic acids is 1. The van der Waals surface area contributed by atoms with Gasteiger partial charge in [-0.2, -0.15) is 0 Å². The average molecular weight is 365 g/mol. The molecule has 1 N–H and O–H groups in total. The predicted octanol–water partition coefficient (Wildman–Crippen LogP) is 3.21. The Morgan fingerprint density at radius 1 is 1.42 bits per heavy atom. The minimum atomic E-state index is -0.937. The standard InChI is InChI=1S/C18H27N3O5/c1-12(2)11-20(15-4-6-26-7-5-15)18-16(21(24)25)9-14(10-19-18)13(3)8-17(22)23/h9-10,12-13,15H,4-8,11H2,1-3H3,(H,22,23)/t13-/m1/s1. The monoisotopic (exact) mass is 365 g/mol. The predicted molar refractivity (Wildman–Crippen MR) is 97.6 cm³/mol. The number of carboxylic acid groups (broad SMARTS) is 1. The van der Waals surface area contributed by atoms with Crippen molar-refractivity contribution in [2.24, 2.45) is 5.92 Å². The number of nitro groups is 1. The minimum absolute atomic E-state index is 0.0631. The van der Waals surface area contributed by atoms with Gasteiger partial charge in [-0.05, 0) is 30.2 Å². The van der Waals surface area contributed by atoms with Gasteiger partial charge in [0.1, 0.15) is 0 Å². The third-order valence-electron chi connectivity index (χ3n) is 4.58. The molecule has 0 radical (unpaired) electrons. The van der Waals surface area contributed by atoms with Crippen molar-refractivity contribution >= 4 is 17.5 Å². The highest BCUT2D eigenvalue weighted by atomic mass is 16.6. The Bertz CT molecular complexity index is 644. The topological polar surface area (TPSA) is 106 Å². The van der Waals surface area contributed by atoms with Crippen LogP contribution in [0.2, 0.25) is 0 Å². The van der Waals surface area contributed by atoms with E-state index in [2.05, 4.69) is 18.8 Å². The van der Waals surface area contributed by atoms with E-state index in [1.165, 1.54) is 6.07 Å². The summed E-state index contributed by atoms with van der Waals surface area (Å²) in [5, 5.41) is 20.7. The Labute approximate surface area is 153 Å². The molecule has 0 saturated carbocycles. The van der Waals surface area contributed by atoms with E-state index in [1.54, 1.807) is 13.1 Å². The van der Waals surface area contributed by atoms with Crippen LogP contribution in [-0.4, -0.2) is 46.8 Å². The molecule has 0 aromatic carbocycles. The number of anilines is 1. The lowest BCUT2D eigenvalue weighted by molar-refractivity contribution is -0.384. The number of rotatable bonds is 8. The maximum absolute atomic E-state index is 11.7. The molecule has 1 atom stereocenters. The second-order valence-corrected chi connectivity index (χ2v) is 7.26. The van der Waals surface area contributed by atoms with Gasteiger partial charge >= 0.3 is 11.7 Å². The molecule has 0 spiro atoms. The molecule has 1 aliphatic rings. The van der Waals surface area contributed by atoms with Gasteiger partial charge in [0.05, 0.1) is 11.3 Å². The van der Waals surface area contributed by atoms with Crippen molar-refractivity contribution in [3.05, 3.63) is 27.9 Å². The van der Waals surface area contributed by atoms with Crippen molar-refractivity contribution in [1.82, 2.24) is 4.98 Å². The van der Waals surface area contributed by atoms with Gasteiger partial charge < -0.3 is 14.7 Å². The smallest absolute Gasteiger partial charge is 0.311 e. The van der Waals surface area contributed by atoms with Crippen LogP contribution in [0, 0.1) is 16.0 Å². The number of hydrogen-bond acceptors (Lipinski definition) is 6. The van der Waals surface area contributed by atoms with Crippen LogP contribution in [0.5, 0.6) is 0 Å². The largest absolute Gasteiger partial charge is 0.481 e. The van der Waals surface area contributed by atoms with E-state index >= 15 is 0 Å². The summed E-state index contributed by atoms with van der Waals surface area (Å²) < 4.78 is 5.42. The average Bonchev–Trinajstić information content (AvgIpc) is 2.59. The fraction of sp³-hybridized carbons (Fsp3) is 0.667. The molecule has 144 valence electrons. The molecular formula is C18H27N3O5. The Morgan fingerprint density at radius 3 is 2.62 bits per heavy atom. The SMILES string of the molecule is CC(C)CN(c1ncc([C@H](C)CC(=O)O)cc1[N+](=O)[O-])C1CCOCC1. The van der Waals surface area contributed by atoms with E-state index in [4.69, 9.17) is 9.84 Å². The van der Waals surface area contributed by atoms with Gasteiger partial charge in [0.2, 0.25) is 5.82 Å². The van der Waals surface area contributed by atoms with Gasteiger partial charge in [0, 0.05) is 38.1 Å². The van der Waals surface area contributed by atoms with Crippen LogP contribution < -0.4 is 4.90 Å². The molecule has 0 bridgehead atoms. The summed E-state index contributed by atoms with van der Waals surface area (Å²) in [4.78, 5) is 28.6. The van der Waals surface area contributed by atoms with Crippen molar-refractivity contribution in [3.8, 4) is 0 Å². The number of carboxylic acids is 1. The molecule has 26 heavy (non-hydrogen) atoms. The quantitative estimate of drug-likeness (QED) is 0.557. The summed E-state index contributed by atoms with van der Waals surface area (Å²) in [6.07, 6.45) is 3.10. The zero-order valence-corrected chi connectivity index (χ0v) is 15.6. The van der Waals surface area contributed by atoms with Crippen LogP contribution in [0.4, 0.5) is 11.5 Å². The summed E-state index contributed by atoms with van der Waals surface area (Å²) in [7, 11) is 0. The number of nitrogens with zero attached hydrogens (tertiary/aromatic N) is 3. The van der Waals surface area contributed by atoms with Gasteiger partial charge in [-0.25, -0.2) is 4.98 Å². The number of hydrogen-bond donors (Lipinski definition) is 1. The number of ether oxygens (including phenoxy) is 1. The summed E-state index contributed by atoms with van der Waals surface area (Å²) in [5.74, 6) is -0.589. The molecule has 0 amide bonds. The van der Waals surface area contributed by atoms with Gasteiger partial charge in [0.25, 0.3) is 0 Å². The molecule has 1 saturated heterocycles. The zero-order chi connectivity index (χ0) is 19.3. The first-order valence-electron chi connectivity index (χ1n) is 9.00. The van der Waals surface area contributed by atoms with E-state index in [-0.39, 0.29) is 24.1 Å². The van der Waals surface area contributed by atoms with Crippen molar-refractivity contribution in [2.75, 3.05) is 24.7 Å². The number of pyridine rings is 1. The molecule has 0 unspecified atom stereocenters. The highest BCUT2D eigenvalue weighted by Crippen LogP contribution is 2.33. The summed E-state index contributed by atoms with van der Waals surface area (Å²) in [5.41, 5.74) is 0.506. The molecule has 2 rings (SSSR count). The molecule has 1 aromatic rings. The highest BCUT2D eigenvalue weighted by Gasteiger charge is 2.30. The summed E-state index contributed by atoms with van der Waals surface area (Å²) in [6, 6.07) is 1.63. The van der Waals surface area contributed by atoms with Gasteiger partial charge in [-0.15, -0.1) is 0 Å². The second kappa shape index (κ2) is 8.93. The van der Waals surface area contributed by atoms with Crippen LogP contribution in [0.25, 0.3) is 0 Å². The molecule has 8 nitrogen and oxygen atoms in total. The first-order chi connectivity index (χ1) is 12.3. The van der Waals surface area contributed by atoms with E-state index in [0.717, 1.165) is 12.8 Å². The minimum Gasteiger partial charge on any atom is -0.481 e. The highest BCUT2D eigenvalue weighted by molar-refractivity contribution is 5.68. The van der Waals surface area contributed by atoms with Crippen LogP contribution in [-0.2, 0) is 9.53 Å². The van der Waals surface area contributed by atoms with Crippen molar-refractivity contribution in [3.63, 3.8) is 0 Å². The lowest BCUT2D eigenvalue weighted by Crippen LogP contribution is -2.42. The zero-order valence-electron chi connectivity index (χ0n) is 15.6. The molecular weight excluding hydrogens is 338 g/mol. The molecule has 8 heteroatoms. The second-order valence-electron chi connectivity index (χ2n) is 7.26. The molecule has 2 heterocycles. The fourth-order valence-electron chi connectivity index (χ4n) is 3.27. The normalized spacial score (nSPS) is 16.5. The van der Waals surface area contributed by atoms with Crippen LogP contribution >= 0.6 is 0 Å². The van der Waals surface area contributed by atoms with E-state index < -0.39 is 10.9 Å². The van der Waals surface area contributed by atoms with E-state index in [9.17, 15) is 14.9 Å². The van der Waals surface area contributed by atoms with Crippen LogP contribution in [0.15, 0.2) is 12.3 Å².